The molecule has 2 aromatic rings. The summed E-state index contributed by atoms with van der Waals surface area (Å²) in [4.78, 5) is 13.8. The molecular weight excluding hydrogens is 270 g/mol. The first-order valence-electron chi connectivity index (χ1n) is 7.88. The molecule has 0 saturated carbocycles. The molecule has 0 saturated heterocycles. The van der Waals surface area contributed by atoms with Crippen molar-refractivity contribution in [3.63, 3.8) is 0 Å². The average Bonchev–Trinajstić information content (AvgIpc) is 2.94. The van der Waals surface area contributed by atoms with Crippen molar-refractivity contribution in [2.45, 2.75) is 39.2 Å². The summed E-state index contributed by atoms with van der Waals surface area (Å²) < 4.78 is 0. The third-order valence-corrected chi connectivity index (χ3v) is 4.01. The molecule has 0 N–H and O–H groups in total. The van der Waals surface area contributed by atoms with E-state index in [1.807, 2.05) is 42.6 Å². The van der Waals surface area contributed by atoms with Gasteiger partial charge < -0.3 is 0 Å². The Morgan fingerprint density at radius 3 is 2.59 bits per heavy atom. The summed E-state index contributed by atoms with van der Waals surface area (Å²) in [5.41, 5.74) is 4.71. The zero-order chi connectivity index (χ0) is 15.4. The number of hydrogen-bond donors (Lipinski definition) is 0. The topological polar surface area (TPSA) is 38.1 Å². The van der Waals surface area contributed by atoms with Gasteiger partial charge in [-0.2, -0.15) is 0 Å². The molecule has 1 aromatic heterocycles. The van der Waals surface area contributed by atoms with E-state index < -0.39 is 0 Å². The van der Waals surface area contributed by atoms with Crippen molar-refractivity contribution in [3.05, 3.63) is 59.9 Å². The summed E-state index contributed by atoms with van der Waals surface area (Å²) in [6.07, 6.45) is 7.00. The number of allylic oxidation sites excluding steroid dienone is 1. The Kier molecular flexibility index (Phi) is 4.42. The zero-order valence-corrected chi connectivity index (χ0v) is 13.2. The lowest BCUT2D eigenvalue weighted by Gasteiger charge is -2.04. The summed E-state index contributed by atoms with van der Waals surface area (Å²) in [6, 6.07) is 12.5. The molecule has 3 heteroatoms. The van der Waals surface area contributed by atoms with Crippen LogP contribution in [0, 0.1) is 0 Å². The van der Waals surface area contributed by atoms with Gasteiger partial charge in [0.2, 0.25) is 0 Å². The van der Waals surface area contributed by atoms with Crippen molar-refractivity contribution in [3.8, 4) is 11.4 Å². The molecule has 1 aliphatic rings. The van der Waals surface area contributed by atoms with Gasteiger partial charge in [0.25, 0.3) is 0 Å². The minimum atomic E-state index is 0.389. The number of rotatable bonds is 5. The first-order valence-corrected chi connectivity index (χ1v) is 7.88. The van der Waals surface area contributed by atoms with Crippen LogP contribution >= 0.6 is 0 Å². The number of hydrogen-bond acceptors (Lipinski definition) is 3. The second-order valence-corrected chi connectivity index (χ2v) is 5.67. The predicted molar refractivity (Wildman–Crippen MR) is 91.1 cm³/mol. The van der Waals surface area contributed by atoms with Gasteiger partial charge in [0.15, 0.2) is 5.82 Å². The van der Waals surface area contributed by atoms with E-state index >= 15 is 0 Å². The highest BCUT2D eigenvalue weighted by Crippen LogP contribution is 2.19. The summed E-state index contributed by atoms with van der Waals surface area (Å²) >= 11 is 0. The van der Waals surface area contributed by atoms with Crippen molar-refractivity contribution in [1.29, 1.82) is 0 Å². The Balaban J connectivity index is 1.70. The van der Waals surface area contributed by atoms with Crippen LogP contribution in [0.2, 0.25) is 0 Å². The monoisotopic (exact) mass is 291 g/mol. The van der Waals surface area contributed by atoms with Crippen LogP contribution < -0.4 is 0 Å². The van der Waals surface area contributed by atoms with Gasteiger partial charge >= 0.3 is 0 Å². The Labute approximate surface area is 131 Å². The van der Waals surface area contributed by atoms with Crippen LogP contribution in [-0.2, 0) is 6.42 Å². The van der Waals surface area contributed by atoms with E-state index in [2.05, 4.69) is 29.9 Å². The maximum atomic E-state index is 4.76. The van der Waals surface area contributed by atoms with Crippen LogP contribution in [-0.4, -0.2) is 21.7 Å². The molecule has 0 fully saturated rings. The zero-order valence-electron chi connectivity index (χ0n) is 13.2. The molecule has 22 heavy (non-hydrogen) atoms. The van der Waals surface area contributed by atoms with Crippen LogP contribution in [0.15, 0.2) is 59.2 Å². The molecule has 1 aliphatic heterocycles. The van der Waals surface area contributed by atoms with E-state index in [1.54, 1.807) is 0 Å². The lowest BCUT2D eigenvalue weighted by molar-refractivity contribution is 0.754. The molecule has 112 valence electrons. The van der Waals surface area contributed by atoms with Crippen molar-refractivity contribution in [2.24, 2.45) is 4.99 Å². The van der Waals surface area contributed by atoms with Gasteiger partial charge in [-0.1, -0.05) is 37.3 Å². The third kappa shape index (κ3) is 3.30. The molecule has 1 unspecified atom stereocenters. The molecule has 0 spiro atoms. The SMILES string of the molecule is CCC1N=C(CCc2ccnc(-c3ccccc3)n2)C=C1C. The standard InChI is InChI=1S/C19H21N3/c1-3-18-14(2)13-17(21-18)10-9-16-11-12-20-19(22-16)15-7-5-4-6-8-15/h4-8,11-13,18H,3,9-10H2,1-2H3. The van der Waals surface area contributed by atoms with Crippen LogP contribution in [0.4, 0.5) is 0 Å². The van der Waals surface area contributed by atoms with E-state index in [0.717, 1.165) is 36.3 Å². The molecule has 1 aromatic carbocycles. The Morgan fingerprint density at radius 2 is 1.86 bits per heavy atom. The predicted octanol–water partition coefficient (Wildman–Crippen LogP) is 4.26. The second kappa shape index (κ2) is 6.65. The van der Waals surface area contributed by atoms with Gasteiger partial charge in [0.1, 0.15) is 0 Å². The molecule has 3 nitrogen and oxygen atoms in total. The fourth-order valence-electron chi connectivity index (χ4n) is 2.77. The summed E-state index contributed by atoms with van der Waals surface area (Å²) in [7, 11) is 0. The number of aryl methyl sites for hydroxylation is 1. The van der Waals surface area contributed by atoms with Crippen molar-refractivity contribution >= 4 is 5.71 Å². The maximum absolute atomic E-state index is 4.76. The lowest BCUT2D eigenvalue weighted by Crippen LogP contribution is -2.01. The highest BCUT2D eigenvalue weighted by molar-refractivity contribution is 5.97. The minimum Gasteiger partial charge on any atom is -0.282 e. The largest absolute Gasteiger partial charge is 0.282 e. The molecule has 1 atom stereocenters. The lowest BCUT2D eigenvalue weighted by atomic mass is 10.1. The van der Waals surface area contributed by atoms with Crippen molar-refractivity contribution in [2.75, 3.05) is 0 Å². The van der Waals surface area contributed by atoms with E-state index in [9.17, 15) is 0 Å². The van der Waals surface area contributed by atoms with Gasteiger partial charge in [0, 0.05) is 23.2 Å². The van der Waals surface area contributed by atoms with Crippen LogP contribution in [0.25, 0.3) is 11.4 Å². The Hall–Kier alpha value is -2.29. The van der Waals surface area contributed by atoms with Gasteiger partial charge in [-0.05, 0) is 43.9 Å². The fourth-order valence-corrected chi connectivity index (χ4v) is 2.77. The first-order chi connectivity index (χ1) is 10.8. The third-order valence-electron chi connectivity index (χ3n) is 4.01. The fraction of sp³-hybridized carbons (Fsp3) is 0.316. The molecular formula is C19H21N3. The van der Waals surface area contributed by atoms with Gasteiger partial charge in [0.05, 0.1) is 6.04 Å². The van der Waals surface area contributed by atoms with Crippen LogP contribution in [0.5, 0.6) is 0 Å². The highest BCUT2D eigenvalue weighted by Gasteiger charge is 2.15. The van der Waals surface area contributed by atoms with Gasteiger partial charge in [-0.25, -0.2) is 9.97 Å². The molecule has 3 rings (SSSR count). The average molecular weight is 291 g/mol. The van der Waals surface area contributed by atoms with E-state index in [-0.39, 0.29) is 0 Å². The first kappa shape index (κ1) is 14.6. The summed E-state index contributed by atoms with van der Waals surface area (Å²) in [5, 5.41) is 0. The van der Waals surface area contributed by atoms with Gasteiger partial charge in [-0.3, -0.25) is 4.99 Å². The van der Waals surface area contributed by atoms with Crippen molar-refractivity contribution in [1.82, 2.24) is 9.97 Å². The summed E-state index contributed by atoms with van der Waals surface area (Å²) in [6.45, 7) is 4.36. The van der Waals surface area contributed by atoms with E-state index in [1.165, 1.54) is 11.3 Å². The van der Waals surface area contributed by atoms with Crippen LogP contribution in [0.1, 0.15) is 32.4 Å². The highest BCUT2D eigenvalue weighted by atomic mass is 14.9. The quantitative estimate of drug-likeness (QED) is 0.825. The number of aromatic nitrogens is 2. The normalized spacial score (nSPS) is 17.3. The van der Waals surface area contributed by atoms with E-state index in [0.29, 0.717) is 6.04 Å². The van der Waals surface area contributed by atoms with E-state index in [4.69, 9.17) is 4.99 Å². The smallest absolute Gasteiger partial charge is 0.159 e. The molecule has 2 heterocycles. The Morgan fingerprint density at radius 1 is 1.05 bits per heavy atom. The molecule has 0 radical (unpaired) electrons. The number of benzene rings is 1. The number of aliphatic imine (C=N–C) groups is 1. The van der Waals surface area contributed by atoms with Crippen LogP contribution in [0.3, 0.4) is 0 Å². The molecule has 0 aliphatic carbocycles. The minimum absolute atomic E-state index is 0.389. The summed E-state index contributed by atoms with van der Waals surface area (Å²) in [5.74, 6) is 0.796. The van der Waals surface area contributed by atoms with Crippen molar-refractivity contribution < 1.29 is 0 Å². The molecule has 0 amide bonds. The Bertz CT molecular complexity index is 702. The van der Waals surface area contributed by atoms with Gasteiger partial charge in [-0.15, -0.1) is 0 Å². The maximum Gasteiger partial charge on any atom is 0.159 e. The molecule has 0 bridgehead atoms. The number of nitrogens with zero attached hydrogens (tertiary/aromatic N) is 3. The second-order valence-electron chi connectivity index (χ2n) is 5.67.